The highest BCUT2D eigenvalue weighted by Crippen LogP contribution is 2.22. The molecule has 1 fully saturated rings. The fraction of sp³-hybridized carbons (Fsp3) is 0.125. The Hall–Kier alpha value is -2.82. The van der Waals surface area contributed by atoms with Crippen LogP contribution in [0.5, 0.6) is 11.5 Å². The largest absolute Gasteiger partial charge is 0.457 e. The molecule has 1 aliphatic heterocycles. The Morgan fingerprint density at radius 3 is 2.24 bits per heavy atom. The predicted molar refractivity (Wildman–Crippen MR) is 75.1 cm³/mol. The number of benzene rings is 2. The summed E-state index contributed by atoms with van der Waals surface area (Å²) in [5.41, 5.74) is 0.894. The average molecular weight is 283 g/mol. The molecule has 5 heteroatoms. The Labute approximate surface area is 121 Å². The van der Waals surface area contributed by atoms with Crippen molar-refractivity contribution in [2.45, 2.75) is 12.5 Å². The highest BCUT2D eigenvalue weighted by Gasteiger charge is 2.31. The lowest BCUT2D eigenvalue weighted by Gasteiger charge is -2.08. The van der Waals surface area contributed by atoms with E-state index < -0.39 is 18.1 Å². The molecule has 2 amide bonds. The van der Waals surface area contributed by atoms with Gasteiger partial charge in [0.1, 0.15) is 11.5 Å². The van der Waals surface area contributed by atoms with Crippen LogP contribution in [-0.2, 0) is 16.0 Å². The fourth-order valence-corrected chi connectivity index (χ4v) is 2.06. The number of carbonyl (C=O) groups is 2. The van der Waals surface area contributed by atoms with Crippen molar-refractivity contribution < 1.29 is 19.1 Å². The molecule has 1 saturated heterocycles. The molecule has 21 heavy (non-hydrogen) atoms. The van der Waals surface area contributed by atoms with Crippen molar-refractivity contribution in [3.05, 3.63) is 60.2 Å². The second kappa shape index (κ2) is 5.66. The van der Waals surface area contributed by atoms with Gasteiger partial charge in [0, 0.05) is 6.42 Å². The zero-order valence-electron chi connectivity index (χ0n) is 11.1. The van der Waals surface area contributed by atoms with Crippen molar-refractivity contribution in [3.63, 3.8) is 0 Å². The van der Waals surface area contributed by atoms with Gasteiger partial charge in [0.15, 0.2) is 6.10 Å². The summed E-state index contributed by atoms with van der Waals surface area (Å²) in [7, 11) is 0. The number of ether oxygens (including phenoxy) is 2. The molecule has 1 N–H and O–H groups in total. The van der Waals surface area contributed by atoms with E-state index in [0.29, 0.717) is 12.2 Å². The van der Waals surface area contributed by atoms with E-state index in [9.17, 15) is 9.59 Å². The van der Waals surface area contributed by atoms with Crippen LogP contribution in [0.3, 0.4) is 0 Å². The molecule has 0 aliphatic carbocycles. The van der Waals surface area contributed by atoms with Crippen molar-refractivity contribution >= 4 is 12.0 Å². The fourth-order valence-electron chi connectivity index (χ4n) is 2.06. The molecule has 106 valence electrons. The normalized spacial score (nSPS) is 17.2. The van der Waals surface area contributed by atoms with Crippen LogP contribution >= 0.6 is 0 Å². The molecule has 0 saturated carbocycles. The summed E-state index contributed by atoms with van der Waals surface area (Å²) in [4.78, 5) is 22.4. The summed E-state index contributed by atoms with van der Waals surface area (Å²) < 4.78 is 10.5. The summed E-state index contributed by atoms with van der Waals surface area (Å²) >= 11 is 0. The van der Waals surface area contributed by atoms with Crippen LogP contribution < -0.4 is 10.1 Å². The molecule has 3 rings (SSSR count). The molecule has 1 heterocycles. The third-order valence-electron chi connectivity index (χ3n) is 3.09. The van der Waals surface area contributed by atoms with Crippen molar-refractivity contribution in [2.75, 3.05) is 0 Å². The lowest BCUT2D eigenvalue weighted by atomic mass is 10.1. The molecule has 0 radical (unpaired) electrons. The van der Waals surface area contributed by atoms with E-state index in [1.165, 1.54) is 0 Å². The number of cyclic esters (lactones) is 1. The molecule has 0 aromatic heterocycles. The third kappa shape index (κ3) is 3.20. The molecule has 0 bridgehead atoms. The van der Waals surface area contributed by atoms with E-state index in [4.69, 9.17) is 9.47 Å². The predicted octanol–water partition coefficient (Wildman–Crippen LogP) is 2.66. The van der Waals surface area contributed by atoms with Crippen LogP contribution in [0.1, 0.15) is 5.56 Å². The quantitative estimate of drug-likeness (QED) is 0.937. The minimum absolute atomic E-state index is 0.350. The van der Waals surface area contributed by atoms with Gasteiger partial charge in [-0.25, -0.2) is 4.79 Å². The molecule has 0 spiro atoms. The Morgan fingerprint density at radius 1 is 0.952 bits per heavy atom. The van der Waals surface area contributed by atoms with E-state index in [1.54, 1.807) is 0 Å². The van der Waals surface area contributed by atoms with E-state index in [0.717, 1.165) is 11.3 Å². The highest BCUT2D eigenvalue weighted by molar-refractivity contribution is 6.00. The molecule has 1 aliphatic rings. The lowest BCUT2D eigenvalue weighted by molar-refractivity contribution is -0.123. The zero-order chi connectivity index (χ0) is 14.7. The number of alkyl carbamates (subject to hydrolysis) is 1. The number of rotatable bonds is 4. The molecule has 1 unspecified atom stereocenters. The summed E-state index contributed by atoms with van der Waals surface area (Å²) in [6.07, 6.45) is -1.09. The van der Waals surface area contributed by atoms with Crippen molar-refractivity contribution in [2.24, 2.45) is 0 Å². The summed E-state index contributed by atoms with van der Waals surface area (Å²) in [6, 6.07) is 16.8. The zero-order valence-corrected chi connectivity index (χ0v) is 11.1. The first-order valence-electron chi connectivity index (χ1n) is 6.54. The lowest BCUT2D eigenvalue weighted by Crippen LogP contribution is -2.25. The van der Waals surface area contributed by atoms with Gasteiger partial charge >= 0.3 is 6.09 Å². The molecular weight excluding hydrogens is 270 g/mol. The standard InChI is InChI=1S/C16H13NO4/c18-15-14(21-16(19)17-15)10-11-6-8-13(9-7-11)20-12-4-2-1-3-5-12/h1-9,14H,10H2,(H,17,18,19). The smallest absolute Gasteiger partial charge is 0.414 e. The average Bonchev–Trinajstić information content (AvgIpc) is 2.80. The first-order chi connectivity index (χ1) is 10.2. The maximum absolute atomic E-state index is 11.4. The van der Waals surface area contributed by atoms with Crippen molar-refractivity contribution in [1.82, 2.24) is 5.32 Å². The number of carbonyl (C=O) groups excluding carboxylic acids is 2. The van der Waals surface area contributed by atoms with E-state index in [2.05, 4.69) is 5.32 Å². The van der Waals surface area contributed by atoms with E-state index in [1.807, 2.05) is 54.6 Å². The van der Waals surface area contributed by atoms with Crippen LogP contribution in [0.25, 0.3) is 0 Å². The molecule has 2 aromatic rings. The Bertz CT molecular complexity index is 652. The van der Waals surface area contributed by atoms with Crippen LogP contribution in [0.4, 0.5) is 4.79 Å². The molecule has 2 aromatic carbocycles. The molecule has 1 atom stereocenters. The maximum atomic E-state index is 11.4. The monoisotopic (exact) mass is 283 g/mol. The van der Waals surface area contributed by atoms with Crippen LogP contribution in [0.15, 0.2) is 54.6 Å². The van der Waals surface area contributed by atoms with Gasteiger partial charge in [-0.3, -0.25) is 10.1 Å². The van der Waals surface area contributed by atoms with E-state index >= 15 is 0 Å². The van der Waals surface area contributed by atoms with Gasteiger partial charge in [-0.2, -0.15) is 0 Å². The Morgan fingerprint density at radius 2 is 1.62 bits per heavy atom. The summed E-state index contributed by atoms with van der Waals surface area (Å²) in [5, 5.41) is 2.11. The van der Waals surface area contributed by atoms with Gasteiger partial charge in [0.05, 0.1) is 0 Å². The van der Waals surface area contributed by atoms with Gasteiger partial charge in [0.2, 0.25) is 0 Å². The number of para-hydroxylation sites is 1. The van der Waals surface area contributed by atoms with E-state index in [-0.39, 0.29) is 0 Å². The minimum atomic E-state index is -0.751. The van der Waals surface area contributed by atoms with Gasteiger partial charge < -0.3 is 9.47 Å². The number of hydrogen-bond donors (Lipinski definition) is 1. The highest BCUT2D eigenvalue weighted by atomic mass is 16.6. The molecule has 5 nitrogen and oxygen atoms in total. The first-order valence-corrected chi connectivity index (χ1v) is 6.54. The van der Waals surface area contributed by atoms with Crippen LogP contribution in [0.2, 0.25) is 0 Å². The number of hydrogen-bond acceptors (Lipinski definition) is 4. The summed E-state index contributed by atoms with van der Waals surface area (Å²) in [6.45, 7) is 0. The number of amides is 2. The second-order valence-electron chi connectivity index (χ2n) is 4.65. The third-order valence-corrected chi connectivity index (χ3v) is 3.09. The second-order valence-corrected chi connectivity index (χ2v) is 4.65. The number of nitrogens with one attached hydrogen (secondary N) is 1. The summed E-state index contributed by atoms with van der Waals surface area (Å²) in [5.74, 6) is 1.07. The van der Waals surface area contributed by atoms with Crippen LogP contribution in [-0.4, -0.2) is 18.1 Å². The first kappa shape index (κ1) is 13.2. The van der Waals surface area contributed by atoms with Gasteiger partial charge in [0.25, 0.3) is 5.91 Å². The van der Waals surface area contributed by atoms with Crippen molar-refractivity contribution in [3.8, 4) is 11.5 Å². The van der Waals surface area contributed by atoms with Crippen LogP contribution in [0, 0.1) is 0 Å². The van der Waals surface area contributed by atoms with Gasteiger partial charge in [-0.15, -0.1) is 0 Å². The maximum Gasteiger partial charge on any atom is 0.414 e. The molecular formula is C16H13NO4. The SMILES string of the molecule is O=C1NC(=O)C(Cc2ccc(Oc3ccccc3)cc2)O1. The Balaban J connectivity index is 1.64. The Kier molecular flexibility index (Phi) is 3.55. The van der Waals surface area contributed by atoms with Crippen molar-refractivity contribution in [1.29, 1.82) is 0 Å². The topological polar surface area (TPSA) is 64.6 Å². The van der Waals surface area contributed by atoms with Gasteiger partial charge in [-0.05, 0) is 29.8 Å². The number of imide groups is 1. The van der Waals surface area contributed by atoms with Gasteiger partial charge in [-0.1, -0.05) is 30.3 Å². The minimum Gasteiger partial charge on any atom is -0.457 e.